The minimum absolute atomic E-state index is 0.280. The van der Waals surface area contributed by atoms with Crippen molar-refractivity contribution in [3.05, 3.63) is 34.9 Å². The van der Waals surface area contributed by atoms with Crippen LogP contribution in [0.5, 0.6) is 0 Å². The number of aromatic amines is 1. The average Bonchev–Trinajstić information content (AvgIpc) is 2.89. The lowest BCUT2D eigenvalue weighted by Gasteiger charge is -2.18. The van der Waals surface area contributed by atoms with E-state index >= 15 is 0 Å². The molecule has 1 aliphatic rings. The topological polar surface area (TPSA) is 41.6 Å². The maximum atomic E-state index is 13.8. The second kappa shape index (κ2) is 5.29. The molecule has 0 spiro atoms. The number of benzene rings is 1. The van der Waals surface area contributed by atoms with Gasteiger partial charge in [0, 0.05) is 5.92 Å². The third-order valence-corrected chi connectivity index (χ3v) is 4.00. The molecule has 1 saturated carbocycles. The second-order valence-electron chi connectivity index (χ2n) is 4.98. The molecule has 3 nitrogen and oxygen atoms in total. The summed E-state index contributed by atoms with van der Waals surface area (Å²) < 4.78 is 13.8. The molecular weight excluding hydrogens is 265 g/mol. The number of nitrogens with zero attached hydrogens (tertiary/aromatic N) is 2. The summed E-state index contributed by atoms with van der Waals surface area (Å²) in [6.07, 6.45) is 5.98. The summed E-state index contributed by atoms with van der Waals surface area (Å²) in [6, 6.07) is 4.60. The Kier molecular flexibility index (Phi) is 3.51. The lowest BCUT2D eigenvalue weighted by atomic mass is 9.89. The van der Waals surface area contributed by atoms with Crippen molar-refractivity contribution >= 4 is 11.6 Å². The maximum Gasteiger partial charge on any atom is 0.185 e. The molecule has 0 saturated heterocycles. The number of nitrogens with one attached hydrogen (secondary N) is 1. The SMILES string of the molecule is Fc1cccc(Cl)c1-c1n[nH]c(C2CCCCC2)n1. The van der Waals surface area contributed by atoms with Crippen LogP contribution in [-0.2, 0) is 0 Å². The van der Waals surface area contributed by atoms with Gasteiger partial charge in [-0.15, -0.1) is 0 Å². The predicted octanol–water partition coefficient (Wildman–Crippen LogP) is 4.31. The minimum atomic E-state index is -0.387. The van der Waals surface area contributed by atoms with E-state index in [9.17, 15) is 4.39 Å². The zero-order valence-corrected chi connectivity index (χ0v) is 11.3. The van der Waals surface area contributed by atoms with Gasteiger partial charge in [0.15, 0.2) is 5.82 Å². The molecule has 1 fully saturated rings. The third-order valence-electron chi connectivity index (χ3n) is 3.68. The predicted molar refractivity (Wildman–Crippen MR) is 72.6 cm³/mol. The summed E-state index contributed by atoms with van der Waals surface area (Å²) in [4.78, 5) is 4.43. The van der Waals surface area contributed by atoms with Gasteiger partial charge < -0.3 is 0 Å². The van der Waals surface area contributed by atoms with Crippen molar-refractivity contribution in [2.24, 2.45) is 0 Å². The summed E-state index contributed by atoms with van der Waals surface area (Å²) in [5.41, 5.74) is 0.280. The Bertz CT molecular complexity index is 556. The third kappa shape index (κ3) is 2.50. The minimum Gasteiger partial charge on any atom is -0.262 e. The summed E-state index contributed by atoms with van der Waals surface area (Å²) in [7, 11) is 0. The molecule has 2 aromatic rings. The number of H-pyrrole nitrogens is 1. The zero-order chi connectivity index (χ0) is 13.2. The highest BCUT2D eigenvalue weighted by atomic mass is 35.5. The molecule has 0 radical (unpaired) electrons. The van der Waals surface area contributed by atoms with Gasteiger partial charge in [-0.2, -0.15) is 5.10 Å². The van der Waals surface area contributed by atoms with E-state index in [-0.39, 0.29) is 11.4 Å². The van der Waals surface area contributed by atoms with Crippen LogP contribution in [0.1, 0.15) is 43.8 Å². The van der Waals surface area contributed by atoms with Crippen molar-refractivity contribution < 1.29 is 4.39 Å². The molecule has 1 aromatic carbocycles. The molecule has 0 amide bonds. The molecule has 1 N–H and O–H groups in total. The number of aromatic nitrogens is 3. The van der Waals surface area contributed by atoms with Gasteiger partial charge in [-0.05, 0) is 25.0 Å². The summed E-state index contributed by atoms with van der Waals surface area (Å²) in [5.74, 6) is 1.24. The number of hydrogen-bond acceptors (Lipinski definition) is 2. The van der Waals surface area contributed by atoms with E-state index in [0.29, 0.717) is 16.8 Å². The lowest BCUT2D eigenvalue weighted by Crippen LogP contribution is -2.06. The van der Waals surface area contributed by atoms with E-state index in [1.54, 1.807) is 12.1 Å². The molecule has 1 aromatic heterocycles. The standard InChI is InChI=1S/C14H15ClFN3/c15-10-7-4-8-11(16)12(10)14-17-13(18-19-14)9-5-2-1-3-6-9/h4,7-9H,1-3,5-6H2,(H,17,18,19). The van der Waals surface area contributed by atoms with E-state index < -0.39 is 0 Å². The van der Waals surface area contributed by atoms with Crippen LogP contribution in [0.4, 0.5) is 4.39 Å². The van der Waals surface area contributed by atoms with Gasteiger partial charge in [0.1, 0.15) is 11.6 Å². The normalized spacial score (nSPS) is 16.7. The van der Waals surface area contributed by atoms with Gasteiger partial charge >= 0.3 is 0 Å². The Morgan fingerprint density at radius 1 is 1.21 bits per heavy atom. The van der Waals surface area contributed by atoms with Crippen LogP contribution in [0.3, 0.4) is 0 Å². The van der Waals surface area contributed by atoms with Crippen LogP contribution in [0.25, 0.3) is 11.4 Å². The molecular formula is C14H15ClFN3. The first-order valence-corrected chi connectivity index (χ1v) is 7.00. The quantitative estimate of drug-likeness (QED) is 0.890. The molecule has 19 heavy (non-hydrogen) atoms. The maximum absolute atomic E-state index is 13.8. The fourth-order valence-corrected chi connectivity index (χ4v) is 2.90. The van der Waals surface area contributed by atoms with Gasteiger partial charge in [0.25, 0.3) is 0 Å². The fourth-order valence-electron chi connectivity index (χ4n) is 2.66. The molecule has 100 valence electrons. The fraction of sp³-hybridized carbons (Fsp3) is 0.429. The van der Waals surface area contributed by atoms with Gasteiger partial charge in [-0.1, -0.05) is 36.9 Å². The van der Waals surface area contributed by atoms with E-state index in [0.717, 1.165) is 18.7 Å². The average molecular weight is 280 g/mol. The van der Waals surface area contributed by atoms with Crippen LogP contribution < -0.4 is 0 Å². The van der Waals surface area contributed by atoms with E-state index in [4.69, 9.17) is 11.6 Å². The van der Waals surface area contributed by atoms with Crippen molar-refractivity contribution in [3.8, 4) is 11.4 Å². The Labute approximate surface area is 116 Å². The Balaban J connectivity index is 1.92. The van der Waals surface area contributed by atoms with Crippen molar-refractivity contribution in [3.63, 3.8) is 0 Å². The highest BCUT2D eigenvalue weighted by molar-refractivity contribution is 6.33. The first-order chi connectivity index (χ1) is 9.25. The smallest absolute Gasteiger partial charge is 0.185 e. The molecule has 1 heterocycles. The molecule has 0 aliphatic heterocycles. The molecule has 0 bridgehead atoms. The molecule has 3 rings (SSSR count). The van der Waals surface area contributed by atoms with E-state index in [1.807, 2.05) is 0 Å². The Morgan fingerprint density at radius 2 is 2.00 bits per heavy atom. The van der Waals surface area contributed by atoms with Gasteiger partial charge in [-0.25, -0.2) is 9.37 Å². The first kappa shape index (κ1) is 12.6. The van der Waals surface area contributed by atoms with Gasteiger partial charge in [0.05, 0.1) is 10.6 Å². The molecule has 1 aliphatic carbocycles. The van der Waals surface area contributed by atoms with Crippen molar-refractivity contribution in [1.29, 1.82) is 0 Å². The van der Waals surface area contributed by atoms with Crippen LogP contribution in [0.2, 0.25) is 5.02 Å². The Morgan fingerprint density at radius 3 is 2.74 bits per heavy atom. The van der Waals surface area contributed by atoms with Gasteiger partial charge in [0.2, 0.25) is 0 Å². The Hall–Kier alpha value is -1.42. The summed E-state index contributed by atoms with van der Waals surface area (Å²) in [6.45, 7) is 0. The lowest BCUT2D eigenvalue weighted by molar-refractivity contribution is 0.429. The zero-order valence-electron chi connectivity index (χ0n) is 10.5. The number of hydrogen-bond donors (Lipinski definition) is 1. The second-order valence-corrected chi connectivity index (χ2v) is 5.38. The van der Waals surface area contributed by atoms with Crippen molar-refractivity contribution in [1.82, 2.24) is 15.2 Å². The van der Waals surface area contributed by atoms with Crippen LogP contribution in [0.15, 0.2) is 18.2 Å². The summed E-state index contributed by atoms with van der Waals surface area (Å²) in [5, 5.41) is 7.41. The first-order valence-electron chi connectivity index (χ1n) is 6.62. The van der Waals surface area contributed by atoms with Gasteiger partial charge in [-0.3, -0.25) is 5.10 Å². The number of halogens is 2. The van der Waals surface area contributed by atoms with Crippen LogP contribution >= 0.6 is 11.6 Å². The monoisotopic (exact) mass is 279 g/mol. The highest BCUT2D eigenvalue weighted by Crippen LogP contribution is 2.33. The van der Waals surface area contributed by atoms with Crippen molar-refractivity contribution in [2.75, 3.05) is 0 Å². The highest BCUT2D eigenvalue weighted by Gasteiger charge is 2.21. The summed E-state index contributed by atoms with van der Waals surface area (Å²) >= 11 is 6.03. The van der Waals surface area contributed by atoms with Crippen LogP contribution in [-0.4, -0.2) is 15.2 Å². The van der Waals surface area contributed by atoms with E-state index in [2.05, 4.69) is 15.2 Å². The van der Waals surface area contributed by atoms with Crippen molar-refractivity contribution in [2.45, 2.75) is 38.0 Å². The van der Waals surface area contributed by atoms with Crippen LogP contribution in [0, 0.1) is 5.82 Å². The molecule has 5 heteroatoms. The number of rotatable bonds is 2. The molecule has 0 unspecified atom stereocenters. The van der Waals surface area contributed by atoms with E-state index in [1.165, 1.54) is 25.3 Å². The largest absolute Gasteiger partial charge is 0.262 e. The molecule has 0 atom stereocenters.